The molecule has 3 aliphatic rings. The lowest BCUT2D eigenvalue weighted by atomic mass is 9.46. The zero-order valence-corrected chi connectivity index (χ0v) is 11.2. The predicted octanol–water partition coefficient (Wildman–Crippen LogP) is 2.50. The van der Waals surface area contributed by atoms with Crippen molar-refractivity contribution in [3.05, 3.63) is 11.6 Å². The first kappa shape index (κ1) is 11.7. The molecule has 2 nitrogen and oxygen atoms in total. The number of rotatable bonds is 1. The topological polar surface area (TPSA) is 40.5 Å². The average Bonchev–Trinajstić information content (AvgIpc) is 2.63. The van der Waals surface area contributed by atoms with E-state index in [1.54, 1.807) is 0 Å². The number of hydrogen-bond acceptors (Lipinski definition) is 2. The van der Waals surface area contributed by atoms with Crippen LogP contribution in [-0.2, 0) is 0 Å². The van der Waals surface area contributed by atoms with E-state index in [1.165, 1.54) is 5.57 Å². The summed E-state index contributed by atoms with van der Waals surface area (Å²) >= 11 is 0. The van der Waals surface area contributed by atoms with Crippen molar-refractivity contribution in [3.63, 3.8) is 0 Å². The molecule has 0 aromatic carbocycles. The van der Waals surface area contributed by atoms with Gasteiger partial charge in [-0.05, 0) is 55.4 Å². The Morgan fingerprint density at radius 2 is 2.00 bits per heavy atom. The molecule has 96 valence electrons. The molecular formula is C15H24O2. The molecule has 0 heterocycles. The minimum absolute atomic E-state index is 0.0590. The number of aliphatic hydroxyl groups excluding tert-OH is 1. The number of fused-ring (bicyclic) bond motifs is 3. The number of hydrogen-bond donors (Lipinski definition) is 2. The minimum atomic E-state index is -0.547. The SMILES string of the molecule is CC1=C[C@H]2C[C@](C)(CO)C[C@@H]2[C@@]2(C)CCC12O. The predicted molar refractivity (Wildman–Crippen MR) is 67.5 cm³/mol. The molecular weight excluding hydrogens is 212 g/mol. The van der Waals surface area contributed by atoms with Crippen molar-refractivity contribution in [2.24, 2.45) is 22.7 Å². The molecule has 2 saturated carbocycles. The van der Waals surface area contributed by atoms with Crippen LogP contribution in [0.1, 0.15) is 46.5 Å². The fraction of sp³-hybridized carbons (Fsp3) is 0.867. The van der Waals surface area contributed by atoms with Crippen LogP contribution in [0.3, 0.4) is 0 Å². The normalized spacial score (nSPS) is 56.9. The molecule has 0 aromatic heterocycles. The molecule has 2 N–H and O–H groups in total. The first-order valence-corrected chi connectivity index (χ1v) is 6.87. The van der Waals surface area contributed by atoms with Gasteiger partial charge in [0.15, 0.2) is 0 Å². The van der Waals surface area contributed by atoms with E-state index in [4.69, 9.17) is 0 Å². The van der Waals surface area contributed by atoms with Gasteiger partial charge in [0.25, 0.3) is 0 Å². The van der Waals surface area contributed by atoms with Gasteiger partial charge in [-0.3, -0.25) is 0 Å². The van der Waals surface area contributed by atoms with Gasteiger partial charge in [-0.15, -0.1) is 0 Å². The zero-order valence-electron chi connectivity index (χ0n) is 11.2. The van der Waals surface area contributed by atoms with Crippen molar-refractivity contribution in [2.45, 2.75) is 52.1 Å². The molecule has 0 aromatic rings. The van der Waals surface area contributed by atoms with Crippen LogP contribution in [0, 0.1) is 22.7 Å². The highest BCUT2D eigenvalue weighted by Crippen LogP contribution is 2.67. The van der Waals surface area contributed by atoms with Gasteiger partial charge in [-0.2, -0.15) is 0 Å². The summed E-state index contributed by atoms with van der Waals surface area (Å²) in [5.41, 5.74) is 0.753. The third-order valence-corrected chi connectivity index (χ3v) is 6.23. The van der Waals surface area contributed by atoms with E-state index in [-0.39, 0.29) is 17.4 Å². The van der Waals surface area contributed by atoms with Gasteiger partial charge in [0.05, 0.1) is 5.60 Å². The zero-order chi connectivity index (χ0) is 12.5. The van der Waals surface area contributed by atoms with Crippen molar-refractivity contribution in [1.82, 2.24) is 0 Å². The smallest absolute Gasteiger partial charge is 0.0910 e. The summed E-state index contributed by atoms with van der Waals surface area (Å²) < 4.78 is 0. The highest BCUT2D eigenvalue weighted by molar-refractivity contribution is 5.33. The van der Waals surface area contributed by atoms with Gasteiger partial charge in [0.2, 0.25) is 0 Å². The van der Waals surface area contributed by atoms with Crippen molar-refractivity contribution in [3.8, 4) is 0 Å². The Bertz CT molecular complexity index is 388. The monoisotopic (exact) mass is 236 g/mol. The molecule has 1 unspecified atom stereocenters. The Kier molecular flexibility index (Phi) is 2.18. The van der Waals surface area contributed by atoms with E-state index in [0.717, 1.165) is 25.7 Å². The maximum absolute atomic E-state index is 10.8. The van der Waals surface area contributed by atoms with Gasteiger partial charge < -0.3 is 10.2 Å². The second-order valence-corrected chi connectivity index (χ2v) is 7.27. The maximum atomic E-state index is 10.8. The van der Waals surface area contributed by atoms with Gasteiger partial charge in [0.1, 0.15) is 0 Å². The Balaban J connectivity index is 2.00. The van der Waals surface area contributed by atoms with E-state index in [9.17, 15) is 10.2 Å². The molecule has 3 aliphatic carbocycles. The van der Waals surface area contributed by atoms with Gasteiger partial charge >= 0.3 is 0 Å². The fourth-order valence-electron chi connectivity index (χ4n) is 4.83. The molecule has 17 heavy (non-hydrogen) atoms. The maximum Gasteiger partial charge on any atom is 0.0910 e. The summed E-state index contributed by atoms with van der Waals surface area (Å²) in [7, 11) is 0. The average molecular weight is 236 g/mol. The summed E-state index contributed by atoms with van der Waals surface area (Å²) in [6.07, 6.45) is 6.50. The molecule has 2 heteroatoms. The Hall–Kier alpha value is -0.340. The second kappa shape index (κ2) is 3.16. The standard InChI is InChI=1S/C15H24O2/c1-10-6-11-7-13(2,9-16)8-12(11)14(3)4-5-15(10,14)17/h6,11-12,16-17H,4-5,7-9H2,1-3H3/t11-,12-,13-,14+,15?/m0/s1. The molecule has 0 saturated heterocycles. The van der Waals surface area contributed by atoms with Crippen LogP contribution in [0.5, 0.6) is 0 Å². The highest BCUT2D eigenvalue weighted by Gasteiger charge is 2.65. The number of allylic oxidation sites excluding steroid dienone is 1. The lowest BCUT2D eigenvalue weighted by molar-refractivity contribution is -0.173. The van der Waals surface area contributed by atoms with E-state index >= 15 is 0 Å². The van der Waals surface area contributed by atoms with E-state index in [0.29, 0.717) is 11.8 Å². The summed E-state index contributed by atoms with van der Waals surface area (Å²) in [4.78, 5) is 0. The molecule has 0 spiro atoms. The molecule has 5 atom stereocenters. The molecule has 2 fully saturated rings. The lowest BCUT2D eigenvalue weighted by Gasteiger charge is -2.62. The third kappa shape index (κ3) is 1.23. The Labute approximate surface area is 104 Å². The third-order valence-electron chi connectivity index (χ3n) is 6.23. The van der Waals surface area contributed by atoms with Gasteiger partial charge in [-0.25, -0.2) is 0 Å². The summed E-state index contributed by atoms with van der Waals surface area (Å²) in [6, 6.07) is 0. The van der Waals surface area contributed by atoms with Crippen LogP contribution < -0.4 is 0 Å². The minimum Gasteiger partial charge on any atom is -0.396 e. The summed E-state index contributed by atoms with van der Waals surface area (Å²) in [5.74, 6) is 1.12. The molecule has 0 amide bonds. The fourth-order valence-corrected chi connectivity index (χ4v) is 4.83. The lowest BCUT2D eigenvalue weighted by Crippen LogP contribution is -2.62. The molecule has 0 bridgehead atoms. The van der Waals surface area contributed by atoms with Crippen LogP contribution >= 0.6 is 0 Å². The van der Waals surface area contributed by atoms with Crippen LogP contribution in [0.25, 0.3) is 0 Å². The molecule has 0 radical (unpaired) electrons. The van der Waals surface area contributed by atoms with Crippen molar-refractivity contribution >= 4 is 0 Å². The van der Waals surface area contributed by atoms with Crippen LogP contribution in [0.15, 0.2) is 11.6 Å². The largest absolute Gasteiger partial charge is 0.396 e. The Morgan fingerprint density at radius 3 is 2.53 bits per heavy atom. The second-order valence-electron chi connectivity index (χ2n) is 7.27. The number of aliphatic hydroxyl groups is 2. The van der Waals surface area contributed by atoms with Crippen molar-refractivity contribution in [2.75, 3.05) is 6.61 Å². The van der Waals surface area contributed by atoms with Gasteiger partial charge in [0, 0.05) is 12.0 Å². The quantitative estimate of drug-likeness (QED) is 0.687. The molecule has 0 aliphatic heterocycles. The van der Waals surface area contributed by atoms with Crippen molar-refractivity contribution in [1.29, 1.82) is 0 Å². The summed E-state index contributed by atoms with van der Waals surface area (Å²) in [6.45, 7) is 6.81. The van der Waals surface area contributed by atoms with Crippen molar-refractivity contribution < 1.29 is 10.2 Å². The van der Waals surface area contributed by atoms with E-state index in [1.807, 2.05) is 0 Å². The first-order chi connectivity index (χ1) is 7.85. The van der Waals surface area contributed by atoms with E-state index in [2.05, 4.69) is 26.8 Å². The molecule has 3 rings (SSSR count). The van der Waals surface area contributed by atoms with Crippen LogP contribution in [0.4, 0.5) is 0 Å². The Morgan fingerprint density at radius 1 is 1.29 bits per heavy atom. The highest BCUT2D eigenvalue weighted by atomic mass is 16.3. The van der Waals surface area contributed by atoms with Crippen LogP contribution in [-0.4, -0.2) is 22.4 Å². The summed E-state index contributed by atoms with van der Waals surface area (Å²) in [5, 5.41) is 20.4. The van der Waals surface area contributed by atoms with Crippen LogP contribution in [0.2, 0.25) is 0 Å². The first-order valence-electron chi connectivity index (χ1n) is 6.87. The van der Waals surface area contributed by atoms with E-state index < -0.39 is 5.60 Å². The van der Waals surface area contributed by atoms with Gasteiger partial charge in [-0.1, -0.05) is 19.9 Å².